The number of halogens is 3. The molecular formula is C24H27F3N4OS. The normalized spacial score (nSPS) is 15.6. The second kappa shape index (κ2) is 9.69. The second-order valence-corrected chi connectivity index (χ2v) is 9.29. The van der Waals surface area contributed by atoms with Crippen LogP contribution in [0, 0.1) is 13.8 Å². The lowest BCUT2D eigenvalue weighted by Crippen LogP contribution is -2.36. The number of hydrogen-bond acceptors (Lipinski definition) is 4. The van der Waals surface area contributed by atoms with Crippen molar-refractivity contribution in [2.24, 2.45) is 0 Å². The van der Waals surface area contributed by atoms with Crippen LogP contribution in [0.25, 0.3) is 5.13 Å². The maximum atomic E-state index is 12.9. The van der Waals surface area contributed by atoms with Crippen LogP contribution in [-0.2, 0) is 23.9 Å². The zero-order chi connectivity index (χ0) is 23.6. The van der Waals surface area contributed by atoms with Crippen LogP contribution in [0.1, 0.15) is 34.6 Å². The van der Waals surface area contributed by atoms with Crippen LogP contribution in [0.2, 0.25) is 0 Å². The Hall–Kier alpha value is -2.65. The quantitative estimate of drug-likeness (QED) is 0.529. The van der Waals surface area contributed by atoms with Gasteiger partial charge in [-0.3, -0.25) is 14.3 Å². The molecular weight excluding hydrogens is 449 g/mol. The highest BCUT2D eigenvalue weighted by Crippen LogP contribution is 2.29. The summed E-state index contributed by atoms with van der Waals surface area (Å²) in [5, 5.41) is 2.82. The van der Waals surface area contributed by atoms with Gasteiger partial charge in [-0.05, 0) is 50.1 Å². The Labute approximate surface area is 195 Å². The van der Waals surface area contributed by atoms with E-state index in [1.165, 1.54) is 23.5 Å². The van der Waals surface area contributed by atoms with Crippen molar-refractivity contribution in [3.05, 3.63) is 70.0 Å². The summed E-state index contributed by atoms with van der Waals surface area (Å²) in [5.41, 5.74) is 3.21. The summed E-state index contributed by atoms with van der Waals surface area (Å²) >= 11 is 1.53. The molecule has 0 unspecified atom stereocenters. The van der Waals surface area contributed by atoms with Gasteiger partial charge in [0.1, 0.15) is 0 Å². The van der Waals surface area contributed by atoms with Crippen molar-refractivity contribution in [1.82, 2.24) is 19.4 Å². The van der Waals surface area contributed by atoms with E-state index in [1.54, 1.807) is 0 Å². The van der Waals surface area contributed by atoms with Crippen LogP contribution in [0.4, 0.5) is 13.2 Å². The van der Waals surface area contributed by atoms with Crippen LogP contribution in [0.3, 0.4) is 0 Å². The molecule has 2 aromatic heterocycles. The van der Waals surface area contributed by atoms with Crippen molar-refractivity contribution < 1.29 is 18.0 Å². The molecule has 1 fully saturated rings. The summed E-state index contributed by atoms with van der Waals surface area (Å²) in [6.45, 7) is 7.42. The molecule has 0 atom stereocenters. The van der Waals surface area contributed by atoms with E-state index in [9.17, 15) is 18.0 Å². The van der Waals surface area contributed by atoms with Crippen LogP contribution in [0.15, 0.2) is 41.8 Å². The highest BCUT2D eigenvalue weighted by molar-refractivity contribution is 7.12. The van der Waals surface area contributed by atoms with Crippen LogP contribution in [-0.4, -0.2) is 51.4 Å². The van der Waals surface area contributed by atoms with Crippen LogP contribution in [0.5, 0.6) is 0 Å². The molecule has 1 aliphatic rings. The molecule has 9 heteroatoms. The third-order valence-corrected chi connectivity index (χ3v) is 6.84. The van der Waals surface area contributed by atoms with E-state index in [4.69, 9.17) is 0 Å². The number of rotatable bonds is 5. The van der Waals surface area contributed by atoms with E-state index in [2.05, 4.69) is 26.6 Å². The molecule has 0 radical (unpaired) electrons. The fraction of sp³-hybridized carbons (Fsp3) is 0.417. The number of carbonyl (C=O) groups excluding carboxylic acids is 1. The Morgan fingerprint density at radius 1 is 1.00 bits per heavy atom. The molecule has 1 amide bonds. The van der Waals surface area contributed by atoms with Crippen molar-refractivity contribution in [3.8, 4) is 5.13 Å². The topological polar surface area (TPSA) is 41.4 Å². The van der Waals surface area contributed by atoms with E-state index >= 15 is 0 Å². The largest absolute Gasteiger partial charge is 0.416 e. The number of benzene rings is 1. The molecule has 1 saturated heterocycles. The Morgan fingerprint density at radius 3 is 2.36 bits per heavy atom. The van der Waals surface area contributed by atoms with E-state index in [0.29, 0.717) is 26.2 Å². The highest BCUT2D eigenvalue weighted by atomic mass is 32.1. The Bertz CT molecular complexity index is 1080. The summed E-state index contributed by atoms with van der Waals surface area (Å²) in [6, 6.07) is 9.42. The fourth-order valence-electron chi connectivity index (χ4n) is 4.15. The first-order chi connectivity index (χ1) is 15.7. The predicted molar refractivity (Wildman–Crippen MR) is 123 cm³/mol. The molecule has 0 N–H and O–H groups in total. The van der Waals surface area contributed by atoms with Gasteiger partial charge in [0.05, 0.1) is 17.7 Å². The Kier molecular flexibility index (Phi) is 6.90. The van der Waals surface area contributed by atoms with Crippen LogP contribution < -0.4 is 0 Å². The van der Waals surface area contributed by atoms with Crippen molar-refractivity contribution >= 4 is 17.2 Å². The number of nitrogens with zero attached hydrogens (tertiary/aromatic N) is 4. The lowest BCUT2D eigenvalue weighted by molar-refractivity contribution is -0.137. The minimum atomic E-state index is -4.32. The van der Waals surface area contributed by atoms with Gasteiger partial charge in [0.15, 0.2) is 5.13 Å². The van der Waals surface area contributed by atoms with Gasteiger partial charge in [-0.25, -0.2) is 4.98 Å². The number of carbonyl (C=O) groups is 1. The Balaban J connectivity index is 1.32. The second-order valence-electron chi connectivity index (χ2n) is 8.45. The zero-order valence-corrected chi connectivity index (χ0v) is 19.5. The van der Waals surface area contributed by atoms with E-state index in [0.717, 1.165) is 52.9 Å². The maximum absolute atomic E-state index is 12.9. The average molecular weight is 477 g/mol. The highest BCUT2D eigenvalue weighted by Gasteiger charge is 2.30. The molecule has 0 bridgehead atoms. The van der Waals surface area contributed by atoms with Gasteiger partial charge in [0, 0.05) is 49.5 Å². The number of aryl methyl sites for hydroxylation is 2. The number of alkyl halides is 3. The van der Waals surface area contributed by atoms with Crippen molar-refractivity contribution in [3.63, 3.8) is 0 Å². The summed E-state index contributed by atoms with van der Waals surface area (Å²) in [4.78, 5) is 21.6. The third kappa shape index (κ3) is 5.65. The minimum absolute atomic E-state index is 0.0594. The Morgan fingerprint density at radius 2 is 1.70 bits per heavy atom. The average Bonchev–Trinajstić information content (AvgIpc) is 3.26. The molecule has 3 aromatic rings. The maximum Gasteiger partial charge on any atom is 0.416 e. The van der Waals surface area contributed by atoms with Gasteiger partial charge in [-0.1, -0.05) is 12.1 Å². The molecule has 4 rings (SSSR count). The number of amides is 1. The van der Waals surface area contributed by atoms with Gasteiger partial charge in [0.25, 0.3) is 0 Å². The molecule has 1 aromatic carbocycles. The fourth-order valence-corrected chi connectivity index (χ4v) is 5.09. The van der Waals surface area contributed by atoms with E-state index in [-0.39, 0.29) is 12.3 Å². The summed E-state index contributed by atoms with van der Waals surface area (Å²) in [7, 11) is 0. The SMILES string of the molecule is Cc1ccc(C)n1-c1nc(CC(=O)N2CCCN(Cc3ccc(C(F)(F)F)cc3)CC2)cs1. The van der Waals surface area contributed by atoms with Crippen molar-refractivity contribution in [2.45, 2.75) is 39.4 Å². The van der Waals surface area contributed by atoms with Gasteiger partial charge in [0.2, 0.25) is 5.91 Å². The van der Waals surface area contributed by atoms with E-state index < -0.39 is 11.7 Å². The molecule has 3 heterocycles. The van der Waals surface area contributed by atoms with Crippen LogP contribution >= 0.6 is 11.3 Å². The van der Waals surface area contributed by atoms with Crippen molar-refractivity contribution in [2.75, 3.05) is 26.2 Å². The van der Waals surface area contributed by atoms with Gasteiger partial charge in [-0.2, -0.15) is 13.2 Å². The van der Waals surface area contributed by atoms with Crippen molar-refractivity contribution in [1.29, 1.82) is 0 Å². The first-order valence-corrected chi connectivity index (χ1v) is 11.8. The molecule has 0 saturated carbocycles. The summed E-state index contributed by atoms with van der Waals surface area (Å²) < 4.78 is 40.4. The number of hydrogen-bond donors (Lipinski definition) is 0. The lowest BCUT2D eigenvalue weighted by Gasteiger charge is -2.22. The smallest absolute Gasteiger partial charge is 0.341 e. The standard InChI is InChI=1S/C24H27F3N4OS/c1-17-4-5-18(2)31(17)23-28-21(16-33-23)14-22(32)30-11-3-10-29(12-13-30)15-19-6-8-20(9-7-19)24(25,26)27/h4-9,16H,3,10-15H2,1-2H3. The first kappa shape index (κ1) is 23.5. The van der Waals surface area contributed by atoms with Gasteiger partial charge >= 0.3 is 6.18 Å². The third-order valence-electron chi connectivity index (χ3n) is 5.96. The molecule has 33 heavy (non-hydrogen) atoms. The molecule has 0 spiro atoms. The summed E-state index contributed by atoms with van der Waals surface area (Å²) in [5.74, 6) is 0.0594. The van der Waals surface area contributed by atoms with E-state index in [1.807, 2.05) is 24.1 Å². The number of aromatic nitrogens is 2. The monoisotopic (exact) mass is 476 g/mol. The molecule has 176 valence electrons. The molecule has 5 nitrogen and oxygen atoms in total. The minimum Gasteiger partial charge on any atom is -0.341 e. The molecule has 1 aliphatic heterocycles. The molecule has 0 aliphatic carbocycles. The zero-order valence-electron chi connectivity index (χ0n) is 18.7. The lowest BCUT2D eigenvalue weighted by atomic mass is 10.1. The van der Waals surface area contributed by atoms with Gasteiger partial charge < -0.3 is 4.90 Å². The number of thiazole rings is 1. The summed E-state index contributed by atoms with van der Waals surface area (Å²) in [6.07, 6.45) is -3.22. The van der Waals surface area contributed by atoms with Gasteiger partial charge in [-0.15, -0.1) is 11.3 Å². The predicted octanol–water partition coefficient (Wildman–Crippen LogP) is 4.85. The first-order valence-electron chi connectivity index (χ1n) is 11.0.